The summed E-state index contributed by atoms with van der Waals surface area (Å²) in [7, 11) is 0. The molecule has 4 nitrogen and oxygen atoms in total. The number of benzene rings is 1. The fourth-order valence-electron chi connectivity index (χ4n) is 1.96. The molecule has 1 heterocycles. The van der Waals surface area contributed by atoms with Gasteiger partial charge in [-0.15, -0.1) is 12.4 Å². The second-order valence-electron chi connectivity index (χ2n) is 4.44. The third kappa shape index (κ3) is 4.31. The number of halogens is 3. The van der Waals surface area contributed by atoms with Gasteiger partial charge in [0.15, 0.2) is 0 Å². The molecule has 2 rings (SSSR count). The number of carbonyl (C=O) groups excluding carboxylic acids is 1. The van der Waals surface area contributed by atoms with Crippen molar-refractivity contribution in [3.63, 3.8) is 0 Å². The van der Waals surface area contributed by atoms with Crippen molar-refractivity contribution in [3.8, 4) is 5.75 Å². The first-order chi connectivity index (χ1) is 9.00. The standard InChI is InChI=1S/C13H16F2N2O2.ClH/c1-2-19-10-5-3-4-9(6-10)17-12(18)11-7-13(14,15)8-16-11;/h3-6,11,16H,2,7-8H2,1H3,(H,17,18);1H. The Morgan fingerprint density at radius 1 is 1.55 bits per heavy atom. The number of nitrogens with one attached hydrogen (secondary N) is 2. The second kappa shape index (κ2) is 6.85. The van der Waals surface area contributed by atoms with Gasteiger partial charge in [0.2, 0.25) is 5.91 Å². The van der Waals surface area contributed by atoms with Gasteiger partial charge in [0.1, 0.15) is 5.75 Å². The minimum atomic E-state index is -2.81. The number of hydrogen-bond donors (Lipinski definition) is 2. The summed E-state index contributed by atoms with van der Waals surface area (Å²) in [4.78, 5) is 11.8. The van der Waals surface area contributed by atoms with E-state index in [2.05, 4.69) is 10.6 Å². The predicted octanol–water partition coefficient (Wildman–Crippen LogP) is 2.44. The molecule has 0 saturated carbocycles. The number of rotatable bonds is 4. The molecule has 1 aliphatic rings. The molecule has 0 aromatic heterocycles. The minimum absolute atomic E-state index is 0. The van der Waals surface area contributed by atoms with Gasteiger partial charge < -0.3 is 10.1 Å². The van der Waals surface area contributed by atoms with Crippen molar-refractivity contribution in [2.24, 2.45) is 0 Å². The van der Waals surface area contributed by atoms with Crippen molar-refractivity contribution in [3.05, 3.63) is 24.3 Å². The van der Waals surface area contributed by atoms with E-state index in [-0.39, 0.29) is 12.4 Å². The van der Waals surface area contributed by atoms with Crippen LogP contribution in [0.25, 0.3) is 0 Å². The summed E-state index contributed by atoms with van der Waals surface area (Å²) in [6.07, 6.45) is -0.468. The number of anilines is 1. The zero-order chi connectivity index (χ0) is 13.9. The van der Waals surface area contributed by atoms with Crippen LogP contribution in [0.2, 0.25) is 0 Å². The molecule has 0 radical (unpaired) electrons. The average Bonchev–Trinajstić information content (AvgIpc) is 2.71. The summed E-state index contributed by atoms with van der Waals surface area (Å²) in [5.74, 6) is -2.63. The van der Waals surface area contributed by atoms with Crippen LogP contribution >= 0.6 is 12.4 Å². The smallest absolute Gasteiger partial charge is 0.262 e. The monoisotopic (exact) mass is 306 g/mol. The topological polar surface area (TPSA) is 50.4 Å². The normalized spacial score (nSPS) is 20.1. The fourth-order valence-corrected chi connectivity index (χ4v) is 1.96. The largest absolute Gasteiger partial charge is 0.494 e. The van der Waals surface area contributed by atoms with E-state index in [9.17, 15) is 13.6 Å². The Hall–Kier alpha value is -1.40. The number of carbonyl (C=O) groups is 1. The minimum Gasteiger partial charge on any atom is -0.494 e. The van der Waals surface area contributed by atoms with Crippen LogP contribution in [0, 0.1) is 0 Å². The van der Waals surface area contributed by atoms with Gasteiger partial charge in [-0.3, -0.25) is 10.1 Å². The summed E-state index contributed by atoms with van der Waals surface area (Å²) in [5, 5.41) is 5.12. The molecule has 2 N–H and O–H groups in total. The van der Waals surface area contributed by atoms with Gasteiger partial charge >= 0.3 is 0 Å². The molecule has 0 spiro atoms. The first-order valence-corrected chi connectivity index (χ1v) is 6.15. The van der Waals surface area contributed by atoms with E-state index in [0.717, 1.165) is 0 Å². The molecule has 1 amide bonds. The molecule has 1 aliphatic heterocycles. The van der Waals surface area contributed by atoms with Crippen molar-refractivity contribution < 1.29 is 18.3 Å². The lowest BCUT2D eigenvalue weighted by Gasteiger charge is -2.12. The third-order valence-corrected chi connectivity index (χ3v) is 2.84. The maximum absolute atomic E-state index is 13.0. The molecule has 1 unspecified atom stereocenters. The van der Waals surface area contributed by atoms with Crippen LogP contribution in [0.15, 0.2) is 24.3 Å². The zero-order valence-electron chi connectivity index (χ0n) is 11.0. The van der Waals surface area contributed by atoms with Gasteiger partial charge in [-0.25, -0.2) is 8.78 Å². The first kappa shape index (κ1) is 16.7. The quantitative estimate of drug-likeness (QED) is 0.898. The molecule has 1 aromatic rings. The van der Waals surface area contributed by atoms with E-state index in [1.165, 1.54) is 0 Å². The van der Waals surface area contributed by atoms with Gasteiger partial charge in [0.25, 0.3) is 5.92 Å². The lowest BCUT2D eigenvalue weighted by molar-refractivity contribution is -0.118. The van der Waals surface area contributed by atoms with Crippen molar-refractivity contribution in [1.29, 1.82) is 0 Å². The molecular formula is C13H17ClF2N2O2. The van der Waals surface area contributed by atoms with E-state index in [1.807, 2.05) is 6.92 Å². The van der Waals surface area contributed by atoms with Crippen LogP contribution < -0.4 is 15.4 Å². The Morgan fingerprint density at radius 3 is 2.90 bits per heavy atom. The number of alkyl halides is 2. The maximum Gasteiger partial charge on any atom is 0.262 e. The van der Waals surface area contributed by atoms with Crippen LogP contribution in [0.3, 0.4) is 0 Å². The Labute approximate surface area is 122 Å². The molecule has 1 saturated heterocycles. The van der Waals surface area contributed by atoms with Crippen LogP contribution in [-0.4, -0.2) is 31.0 Å². The summed E-state index contributed by atoms with van der Waals surface area (Å²) in [6, 6.07) is 5.99. The van der Waals surface area contributed by atoms with E-state index in [4.69, 9.17) is 4.74 Å². The van der Waals surface area contributed by atoms with Crippen molar-refractivity contribution in [2.75, 3.05) is 18.5 Å². The van der Waals surface area contributed by atoms with Crippen molar-refractivity contribution in [1.82, 2.24) is 5.32 Å². The van der Waals surface area contributed by atoms with Crippen molar-refractivity contribution in [2.45, 2.75) is 25.3 Å². The second-order valence-corrected chi connectivity index (χ2v) is 4.44. The summed E-state index contributed by atoms with van der Waals surface area (Å²) < 4.78 is 31.3. The molecule has 1 atom stereocenters. The van der Waals surface area contributed by atoms with Gasteiger partial charge in [-0.05, 0) is 19.1 Å². The van der Waals surface area contributed by atoms with E-state index >= 15 is 0 Å². The Balaban J connectivity index is 0.00000200. The molecule has 1 fully saturated rings. The lowest BCUT2D eigenvalue weighted by Crippen LogP contribution is -2.35. The van der Waals surface area contributed by atoms with Gasteiger partial charge in [0, 0.05) is 18.2 Å². The predicted molar refractivity (Wildman–Crippen MR) is 74.8 cm³/mol. The van der Waals surface area contributed by atoms with E-state index < -0.39 is 30.8 Å². The van der Waals surface area contributed by atoms with Gasteiger partial charge in [-0.2, -0.15) is 0 Å². The molecule has 0 bridgehead atoms. The zero-order valence-corrected chi connectivity index (χ0v) is 11.8. The highest BCUT2D eigenvalue weighted by atomic mass is 35.5. The van der Waals surface area contributed by atoms with Crippen LogP contribution in [0.4, 0.5) is 14.5 Å². The lowest BCUT2D eigenvalue weighted by atomic mass is 10.2. The molecule has 112 valence electrons. The van der Waals surface area contributed by atoms with E-state index in [0.29, 0.717) is 18.0 Å². The van der Waals surface area contributed by atoms with Gasteiger partial charge in [-0.1, -0.05) is 6.07 Å². The van der Waals surface area contributed by atoms with E-state index in [1.54, 1.807) is 24.3 Å². The average molecular weight is 307 g/mol. The Kier molecular flexibility index (Phi) is 5.71. The molecule has 1 aromatic carbocycles. The van der Waals surface area contributed by atoms with Crippen LogP contribution in [0.1, 0.15) is 13.3 Å². The Morgan fingerprint density at radius 2 is 2.30 bits per heavy atom. The highest BCUT2D eigenvalue weighted by Gasteiger charge is 2.42. The molecule has 20 heavy (non-hydrogen) atoms. The Bertz CT molecular complexity index is 471. The van der Waals surface area contributed by atoms with Crippen LogP contribution in [0.5, 0.6) is 5.75 Å². The summed E-state index contributed by atoms with van der Waals surface area (Å²) >= 11 is 0. The summed E-state index contributed by atoms with van der Waals surface area (Å²) in [5.41, 5.74) is 0.535. The highest BCUT2D eigenvalue weighted by molar-refractivity contribution is 5.95. The number of hydrogen-bond acceptors (Lipinski definition) is 3. The van der Waals surface area contributed by atoms with Crippen molar-refractivity contribution >= 4 is 24.0 Å². The number of ether oxygens (including phenoxy) is 1. The SMILES string of the molecule is CCOc1cccc(NC(=O)C2CC(F)(F)CN2)c1.Cl. The maximum atomic E-state index is 13.0. The molecule has 7 heteroatoms. The first-order valence-electron chi connectivity index (χ1n) is 6.15. The summed E-state index contributed by atoms with van der Waals surface area (Å²) in [6.45, 7) is 1.92. The number of amides is 1. The highest BCUT2D eigenvalue weighted by Crippen LogP contribution is 2.26. The molecule has 0 aliphatic carbocycles. The molecular weight excluding hydrogens is 290 g/mol. The third-order valence-electron chi connectivity index (χ3n) is 2.84. The van der Waals surface area contributed by atoms with Gasteiger partial charge in [0.05, 0.1) is 19.2 Å². The van der Waals surface area contributed by atoms with Crippen LogP contribution in [-0.2, 0) is 4.79 Å². The fraction of sp³-hybridized carbons (Fsp3) is 0.462.